The Hall–Kier alpha value is -2.60. The molecule has 1 aliphatic heterocycles. The summed E-state index contributed by atoms with van der Waals surface area (Å²) in [5.41, 5.74) is 2.99. The third kappa shape index (κ3) is 4.70. The van der Waals surface area contributed by atoms with Gasteiger partial charge in [-0.05, 0) is 23.8 Å². The molecule has 0 saturated heterocycles. The van der Waals surface area contributed by atoms with Gasteiger partial charge in [-0.2, -0.15) is 0 Å². The van der Waals surface area contributed by atoms with Crippen molar-refractivity contribution < 1.29 is 23.6 Å². The Labute approximate surface area is 171 Å². The van der Waals surface area contributed by atoms with E-state index in [9.17, 15) is 9.18 Å². The summed E-state index contributed by atoms with van der Waals surface area (Å²) in [5.74, 6) is 1.11. The van der Waals surface area contributed by atoms with E-state index in [2.05, 4.69) is 5.32 Å². The largest absolute Gasteiger partial charge is 0.493 e. The molecule has 1 amide bonds. The SMILES string of the molecule is COc1cc2c(cc1OC)[C@@H](CNC(=O)C(C)C)[NH+](Cc1ccccc1F)CC2. The molecule has 2 aromatic carbocycles. The maximum Gasteiger partial charge on any atom is 0.222 e. The van der Waals surface area contributed by atoms with Crippen LogP contribution in [0.15, 0.2) is 36.4 Å². The maximum absolute atomic E-state index is 14.3. The molecule has 0 aromatic heterocycles. The van der Waals surface area contributed by atoms with Gasteiger partial charge in [-0.15, -0.1) is 0 Å². The minimum absolute atomic E-state index is 0.000798. The normalized spacial score (nSPS) is 18.3. The van der Waals surface area contributed by atoms with Gasteiger partial charge in [-0.1, -0.05) is 32.0 Å². The zero-order valence-corrected chi connectivity index (χ0v) is 17.5. The molecule has 2 atom stereocenters. The second kappa shape index (κ2) is 9.27. The molecule has 0 aliphatic carbocycles. The molecule has 1 heterocycles. The molecule has 0 fully saturated rings. The molecule has 0 spiro atoms. The van der Waals surface area contributed by atoms with E-state index < -0.39 is 0 Å². The van der Waals surface area contributed by atoms with Gasteiger partial charge in [0.25, 0.3) is 0 Å². The number of ether oxygens (including phenoxy) is 2. The summed E-state index contributed by atoms with van der Waals surface area (Å²) in [4.78, 5) is 13.4. The first-order chi connectivity index (χ1) is 13.9. The molecule has 156 valence electrons. The lowest BCUT2D eigenvalue weighted by molar-refractivity contribution is -0.946. The lowest BCUT2D eigenvalue weighted by atomic mass is 9.91. The van der Waals surface area contributed by atoms with Gasteiger partial charge in [0.2, 0.25) is 5.91 Å². The number of halogens is 1. The van der Waals surface area contributed by atoms with Gasteiger partial charge >= 0.3 is 0 Å². The van der Waals surface area contributed by atoms with E-state index in [1.807, 2.05) is 38.1 Å². The van der Waals surface area contributed by atoms with Crippen LogP contribution in [0.5, 0.6) is 11.5 Å². The molecule has 1 unspecified atom stereocenters. The number of rotatable bonds is 7. The van der Waals surface area contributed by atoms with Gasteiger partial charge in [-0.3, -0.25) is 4.79 Å². The Morgan fingerprint density at radius 1 is 1.21 bits per heavy atom. The van der Waals surface area contributed by atoms with Crippen LogP contribution in [-0.2, 0) is 17.8 Å². The highest BCUT2D eigenvalue weighted by Crippen LogP contribution is 2.34. The zero-order chi connectivity index (χ0) is 21.0. The number of carbonyl (C=O) groups excluding carboxylic acids is 1. The number of benzene rings is 2. The van der Waals surface area contributed by atoms with Crippen LogP contribution in [0.3, 0.4) is 0 Å². The molecule has 0 bridgehead atoms. The van der Waals surface area contributed by atoms with Crippen molar-refractivity contribution in [3.8, 4) is 11.5 Å². The predicted octanol–water partition coefficient (Wildman–Crippen LogP) is 2.30. The molecule has 6 heteroatoms. The molecule has 0 saturated carbocycles. The lowest BCUT2D eigenvalue weighted by Crippen LogP contribution is -3.12. The molecule has 3 rings (SSSR count). The molecule has 5 nitrogen and oxygen atoms in total. The Balaban J connectivity index is 1.94. The standard InChI is InChI=1S/C23H29FN2O3/c1-15(2)23(27)25-13-20-18-12-22(29-4)21(28-3)11-16(18)9-10-26(20)14-17-7-5-6-8-19(17)24/h5-8,11-12,15,20H,9-10,13-14H2,1-4H3,(H,25,27)/p+1/t20-/m1/s1. The Morgan fingerprint density at radius 2 is 1.90 bits per heavy atom. The van der Waals surface area contributed by atoms with Crippen LogP contribution < -0.4 is 19.7 Å². The maximum atomic E-state index is 14.3. The van der Waals surface area contributed by atoms with Gasteiger partial charge in [0.05, 0.1) is 27.3 Å². The quantitative estimate of drug-likeness (QED) is 0.749. The summed E-state index contributed by atoms with van der Waals surface area (Å²) in [6, 6.07) is 10.9. The van der Waals surface area contributed by atoms with Crippen molar-refractivity contribution >= 4 is 5.91 Å². The summed E-state index contributed by atoms with van der Waals surface area (Å²) in [5, 5.41) is 3.06. The molecule has 1 aliphatic rings. The van der Waals surface area contributed by atoms with Gasteiger partial charge in [0, 0.05) is 23.5 Å². The minimum Gasteiger partial charge on any atom is -0.493 e. The van der Waals surface area contributed by atoms with Crippen molar-refractivity contribution in [1.82, 2.24) is 5.32 Å². The smallest absolute Gasteiger partial charge is 0.222 e. The Kier molecular flexibility index (Phi) is 6.75. The molecule has 2 N–H and O–H groups in total. The number of quaternary nitrogens is 1. The first-order valence-electron chi connectivity index (χ1n) is 10.0. The topological polar surface area (TPSA) is 52.0 Å². The fourth-order valence-electron chi connectivity index (χ4n) is 3.93. The summed E-state index contributed by atoms with van der Waals surface area (Å²) in [6.45, 7) is 5.65. The van der Waals surface area contributed by atoms with E-state index in [4.69, 9.17) is 9.47 Å². The molecule has 29 heavy (non-hydrogen) atoms. The van der Waals surface area contributed by atoms with Crippen LogP contribution in [0.1, 0.15) is 36.6 Å². The first kappa shape index (κ1) is 21.1. The lowest BCUT2D eigenvalue weighted by Gasteiger charge is -2.35. The number of methoxy groups -OCH3 is 2. The highest BCUT2D eigenvalue weighted by Gasteiger charge is 2.33. The number of fused-ring (bicyclic) bond motifs is 1. The van der Waals surface area contributed by atoms with Crippen molar-refractivity contribution in [3.05, 3.63) is 58.9 Å². The average Bonchev–Trinajstić information content (AvgIpc) is 2.72. The van der Waals surface area contributed by atoms with E-state index in [0.717, 1.165) is 18.5 Å². The summed E-state index contributed by atoms with van der Waals surface area (Å²) in [7, 11) is 3.25. The van der Waals surface area contributed by atoms with Gasteiger partial charge in [0.1, 0.15) is 18.4 Å². The first-order valence-corrected chi connectivity index (χ1v) is 10.0. The Morgan fingerprint density at radius 3 is 2.55 bits per heavy atom. The number of nitrogens with one attached hydrogen (secondary N) is 2. The molecule has 2 aromatic rings. The van der Waals surface area contributed by atoms with Gasteiger partial charge in [-0.25, -0.2) is 4.39 Å². The third-order valence-corrected chi connectivity index (χ3v) is 5.61. The van der Waals surface area contributed by atoms with Gasteiger partial charge < -0.3 is 19.7 Å². The summed E-state index contributed by atoms with van der Waals surface area (Å²) >= 11 is 0. The van der Waals surface area contributed by atoms with Crippen molar-refractivity contribution in [2.75, 3.05) is 27.3 Å². The molecule has 0 radical (unpaired) electrons. The van der Waals surface area contributed by atoms with Crippen LogP contribution in [0.2, 0.25) is 0 Å². The van der Waals surface area contributed by atoms with Crippen molar-refractivity contribution in [2.45, 2.75) is 32.9 Å². The molecular formula is C23H30FN2O3+. The van der Waals surface area contributed by atoms with Crippen molar-refractivity contribution in [3.63, 3.8) is 0 Å². The second-order valence-corrected chi connectivity index (χ2v) is 7.78. The van der Waals surface area contributed by atoms with E-state index in [1.165, 1.54) is 16.5 Å². The number of hydrogen-bond donors (Lipinski definition) is 2. The average molecular weight is 402 g/mol. The van der Waals surface area contributed by atoms with E-state index in [0.29, 0.717) is 30.2 Å². The van der Waals surface area contributed by atoms with Crippen LogP contribution in [-0.4, -0.2) is 33.2 Å². The minimum atomic E-state index is -0.192. The van der Waals surface area contributed by atoms with Crippen molar-refractivity contribution in [2.24, 2.45) is 5.92 Å². The summed E-state index contributed by atoms with van der Waals surface area (Å²) < 4.78 is 25.2. The van der Waals surface area contributed by atoms with Crippen LogP contribution >= 0.6 is 0 Å². The highest BCUT2D eigenvalue weighted by atomic mass is 19.1. The second-order valence-electron chi connectivity index (χ2n) is 7.78. The molecular weight excluding hydrogens is 371 g/mol. The van der Waals surface area contributed by atoms with E-state index >= 15 is 0 Å². The van der Waals surface area contributed by atoms with E-state index in [-0.39, 0.29) is 23.7 Å². The number of amides is 1. The highest BCUT2D eigenvalue weighted by molar-refractivity contribution is 5.77. The van der Waals surface area contributed by atoms with Crippen molar-refractivity contribution in [1.29, 1.82) is 0 Å². The fourth-order valence-corrected chi connectivity index (χ4v) is 3.93. The number of carbonyl (C=O) groups is 1. The monoisotopic (exact) mass is 401 g/mol. The number of hydrogen-bond acceptors (Lipinski definition) is 3. The third-order valence-electron chi connectivity index (χ3n) is 5.61. The van der Waals surface area contributed by atoms with Gasteiger partial charge in [0.15, 0.2) is 11.5 Å². The summed E-state index contributed by atoms with van der Waals surface area (Å²) in [6.07, 6.45) is 0.855. The Bertz CT molecular complexity index is 869. The fraction of sp³-hybridized carbons (Fsp3) is 0.435. The zero-order valence-electron chi connectivity index (χ0n) is 17.5. The van der Waals surface area contributed by atoms with E-state index in [1.54, 1.807) is 20.3 Å². The van der Waals surface area contributed by atoms with Crippen LogP contribution in [0, 0.1) is 11.7 Å². The van der Waals surface area contributed by atoms with Crippen LogP contribution in [0.4, 0.5) is 4.39 Å². The van der Waals surface area contributed by atoms with Crippen LogP contribution in [0.25, 0.3) is 0 Å². The predicted molar refractivity (Wildman–Crippen MR) is 110 cm³/mol.